The van der Waals surface area contributed by atoms with Gasteiger partial charge >= 0.3 is 0 Å². The quantitative estimate of drug-likeness (QED) is 0.443. The molecule has 11 heavy (non-hydrogen) atoms. The van der Waals surface area contributed by atoms with E-state index < -0.39 is 24.6 Å². The first-order valence-electron chi connectivity index (χ1n) is 3.36. The Bertz CT molecular complexity index is 110. The van der Waals surface area contributed by atoms with E-state index in [1.807, 2.05) is 0 Å². The van der Waals surface area contributed by atoms with Crippen LogP contribution >= 0.6 is 0 Å². The molecule has 0 bridgehead atoms. The Morgan fingerprint density at radius 1 is 1.36 bits per heavy atom. The van der Waals surface area contributed by atoms with Crippen molar-refractivity contribution in [3.05, 3.63) is 0 Å². The second-order valence-corrected chi connectivity index (χ2v) is 2.44. The maximum Gasteiger partial charge on any atom is 0.186 e. The molecule has 4 atom stereocenters. The molecule has 1 aliphatic heterocycles. The number of methoxy groups -OCH3 is 1. The van der Waals surface area contributed by atoms with Crippen LogP contribution in [0.2, 0.25) is 0 Å². The fourth-order valence-corrected chi connectivity index (χ4v) is 1.06. The van der Waals surface area contributed by atoms with E-state index in [9.17, 15) is 0 Å². The lowest BCUT2D eigenvalue weighted by atomic mass is 10.1. The van der Waals surface area contributed by atoms with E-state index in [0.29, 0.717) is 0 Å². The van der Waals surface area contributed by atoms with Crippen LogP contribution in [0, 0.1) is 0 Å². The van der Waals surface area contributed by atoms with E-state index in [-0.39, 0.29) is 6.61 Å². The summed E-state index contributed by atoms with van der Waals surface area (Å²) in [6.45, 7) is -0.321. The van der Waals surface area contributed by atoms with Crippen molar-refractivity contribution in [2.24, 2.45) is 0 Å². The first kappa shape index (κ1) is 8.89. The monoisotopic (exact) mass is 164 g/mol. The zero-order valence-corrected chi connectivity index (χ0v) is 6.17. The summed E-state index contributed by atoms with van der Waals surface area (Å²) in [6, 6.07) is 0. The van der Waals surface area contributed by atoms with Crippen molar-refractivity contribution in [1.29, 1.82) is 0 Å². The van der Waals surface area contributed by atoms with Crippen LogP contribution in [0.1, 0.15) is 0 Å². The van der Waals surface area contributed by atoms with Crippen molar-refractivity contribution < 1.29 is 24.8 Å². The molecule has 0 radical (unpaired) electrons. The lowest BCUT2D eigenvalue weighted by Gasteiger charge is -2.11. The molecule has 5 heteroatoms. The third-order valence-corrected chi connectivity index (χ3v) is 1.73. The van der Waals surface area contributed by atoms with Gasteiger partial charge in [-0.1, -0.05) is 0 Å². The minimum Gasteiger partial charge on any atom is -0.394 e. The van der Waals surface area contributed by atoms with E-state index in [0.717, 1.165) is 0 Å². The van der Waals surface area contributed by atoms with Gasteiger partial charge < -0.3 is 24.8 Å². The average Bonchev–Trinajstić information content (AvgIpc) is 2.30. The van der Waals surface area contributed by atoms with Crippen LogP contribution in [0.25, 0.3) is 0 Å². The van der Waals surface area contributed by atoms with E-state index in [2.05, 4.69) is 4.74 Å². The molecule has 3 N–H and O–H groups in total. The minimum atomic E-state index is -1.07. The molecule has 0 saturated carbocycles. The highest BCUT2D eigenvalue weighted by Gasteiger charge is 2.42. The zero-order valence-electron chi connectivity index (χ0n) is 6.17. The summed E-state index contributed by atoms with van der Waals surface area (Å²) >= 11 is 0. The van der Waals surface area contributed by atoms with Gasteiger partial charge in [0.1, 0.15) is 18.3 Å². The number of hydrogen-bond donors (Lipinski definition) is 3. The standard InChI is InChI=1S/C6H12O5/c1-10-6-5(9)4(8)3(2-7)11-6/h3-9H,2H2,1H3/t3-,4+,5-,6?/m1/s1. The molecule has 0 spiro atoms. The fourth-order valence-electron chi connectivity index (χ4n) is 1.06. The second-order valence-electron chi connectivity index (χ2n) is 2.44. The summed E-state index contributed by atoms with van der Waals surface area (Å²) in [5.41, 5.74) is 0. The molecule has 0 amide bonds. The van der Waals surface area contributed by atoms with Crippen LogP contribution < -0.4 is 0 Å². The molecule has 0 aromatic heterocycles. The summed E-state index contributed by atoms with van der Waals surface area (Å²) in [7, 11) is 1.36. The second kappa shape index (κ2) is 3.46. The minimum absolute atomic E-state index is 0.321. The molecule has 1 saturated heterocycles. The highest BCUT2D eigenvalue weighted by molar-refractivity contribution is 4.85. The smallest absolute Gasteiger partial charge is 0.186 e. The fraction of sp³-hybridized carbons (Fsp3) is 1.00. The topological polar surface area (TPSA) is 79.2 Å². The highest BCUT2D eigenvalue weighted by Crippen LogP contribution is 2.20. The Labute approximate surface area is 64.2 Å². The molecule has 0 aromatic rings. The molecule has 66 valence electrons. The van der Waals surface area contributed by atoms with Gasteiger partial charge in [0.15, 0.2) is 6.29 Å². The van der Waals surface area contributed by atoms with Crippen molar-refractivity contribution >= 4 is 0 Å². The van der Waals surface area contributed by atoms with Gasteiger partial charge in [-0.05, 0) is 0 Å². The first-order chi connectivity index (χ1) is 5.20. The van der Waals surface area contributed by atoms with E-state index in [1.165, 1.54) is 7.11 Å². The van der Waals surface area contributed by atoms with Crippen LogP contribution in [-0.4, -0.2) is 53.6 Å². The summed E-state index contributed by atoms with van der Waals surface area (Å²) in [5.74, 6) is 0. The molecule has 5 nitrogen and oxygen atoms in total. The molecule has 0 aliphatic carbocycles. The predicted molar refractivity (Wildman–Crippen MR) is 34.8 cm³/mol. The molecular weight excluding hydrogens is 152 g/mol. The van der Waals surface area contributed by atoms with Gasteiger partial charge in [-0.25, -0.2) is 0 Å². The van der Waals surface area contributed by atoms with Crippen LogP contribution in [0.15, 0.2) is 0 Å². The zero-order chi connectivity index (χ0) is 8.43. The molecular formula is C6H12O5. The van der Waals surface area contributed by atoms with Gasteiger partial charge in [-0.3, -0.25) is 0 Å². The molecule has 1 heterocycles. The lowest BCUT2D eigenvalue weighted by molar-refractivity contribution is -0.153. The maximum absolute atomic E-state index is 9.15. The largest absolute Gasteiger partial charge is 0.394 e. The van der Waals surface area contributed by atoms with Crippen molar-refractivity contribution in [2.45, 2.75) is 24.6 Å². The normalized spacial score (nSPS) is 44.7. The van der Waals surface area contributed by atoms with Crippen LogP contribution in [0.3, 0.4) is 0 Å². The Kier molecular flexibility index (Phi) is 2.80. The summed E-state index contributed by atoms with van der Waals surface area (Å²) in [5, 5.41) is 26.9. The Balaban J connectivity index is 2.53. The third kappa shape index (κ3) is 1.52. The molecule has 0 aromatic carbocycles. The summed E-state index contributed by atoms with van der Waals surface area (Å²) < 4.78 is 9.59. The average molecular weight is 164 g/mol. The number of aliphatic hydroxyl groups excluding tert-OH is 3. The van der Waals surface area contributed by atoms with Gasteiger partial charge in [0.25, 0.3) is 0 Å². The lowest BCUT2D eigenvalue weighted by Crippen LogP contribution is -2.34. The molecule has 1 fully saturated rings. The highest BCUT2D eigenvalue weighted by atomic mass is 16.7. The van der Waals surface area contributed by atoms with Gasteiger partial charge in [0, 0.05) is 7.11 Å². The van der Waals surface area contributed by atoms with E-state index >= 15 is 0 Å². The summed E-state index contributed by atoms with van der Waals surface area (Å²) in [6.07, 6.45) is -3.71. The Hall–Kier alpha value is -0.200. The van der Waals surface area contributed by atoms with Crippen LogP contribution in [0.5, 0.6) is 0 Å². The maximum atomic E-state index is 9.15. The Morgan fingerprint density at radius 3 is 2.27 bits per heavy atom. The van der Waals surface area contributed by atoms with Crippen molar-refractivity contribution in [3.63, 3.8) is 0 Å². The first-order valence-corrected chi connectivity index (χ1v) is 3.36. The summed E-state index contributed by atoms with van der Waals surface area (Å²) in [4.78, 5) is 0. The SMILES string of the molecule is COC1O[C@H](CO)[C@H](O)[C@H]1O. The van der Waals surface area contributed by atoms with E-state index in [1.54, 1.807) is 0 Å². The van der Waals surface area contributed by atoms with Crippen molar-refractivity contribution in [1.82, 2.24) is 0 Å². The van der Waals surface area contributed by atoms with Crippen LogP contribution in [0.4, 0.5) is 0 Å². The van der Waals surface area contributed by atoms with Crippen molar-refractivity contribution in [2.75, 3.05) is 13.7 Å². The van der Waals surface area contributed by atoms with E-state index in [4.69, 9.17) is 20.1 Å². The predicted octanol–water partition coefficient (Wildman–Crippen LogP) is -1.93. The van der Waals surface area contributed by atoms with Crippen molar-refractivity contribution in [3.8, 4) is 0 Å². The van der Waals surface area contributed by atoms with Gasteiger partial charge in [-0.15, -0.1) is 0 Å². The van der Waals surface area contributed by atoms with Crippen LogP contribution in [-0.2, 0) is 9.47 Å². The molecule has 1 unspecified atom stereocenters. The third-order valence-electron chi connectivity index (χ3n) is 1.73. The Morgan fingerprint density at radius 2 is 2.00 bits per heavy atom. The molecule has 1 rings (SSSR count). The number of rotatable bonds is 2. The number of ether oxygens (including phenoxy) is 2. The molecule has 1 aliphatic rings. The van der Waals surface area contributed by atoms with Gasteiger partial charge in [0.05, 0.1) is 6.61 Å². The van der Waals surface area contributed by atoms with Gasteiger partial charge in [-0.2, -0.15) is 0 Å². The number of aliphatic hydroxyl groups is 3. The number of hydrogen-bond acceptors (Lipinski definition) is 5. The van der Waals surface area contributed by atoms with Gasteiger partial charge in [0.2, 0.25) is 0 Å².